The van der Waals surface area contributed by atoms with Gasteiger partial charge in [0.2, 0.25) is 0 Å². The van der Waals surface area contributed by atoms with Crippen molar-refractivity contribution < 1.29 is 0 Å². The molecule has 1 heterocycles. The SMILES string of the molecule is CCC(N)c1nc2c(s1)CCCCC2. The number of hydrogen-bond donors (Lipinski definition) is 1. The van der Waals surface area contributed by atoms with E-state index >= 15 is 0 Å². The molecule has 0 saturated heterocycles. The van der Waals surface area contributed by atoms with Crippen molar-refractivity contribution in [2.75, 3.05) is 0 Å². The van der Waals surface area contributed by atoms with Crippen LogP contribution in [0.25, 0.3) is 0 Å². The molecule has 78 valence electrons. The standard InChI is InChI=1S/C11H18N2S/c1-2-8(12)11-13-9-6-4-3-5-7-10(9)14-11/h8H,2-7,12H2,1H3. The Labute approximate surface area is 89.5 Å². The number of fused-ring (bicyclic) bond motifs is 1. The van der Waals surface area contributed by atoms with Gasteiger partial charge in [-0.1, -0.05) is 13.3 Å². The van der Waals surface area contributed by atoms with Gasteiger partial charge in [-0.3, -0.25) is 0 Å². The zero-order valence-corrected chi connectivity index (χ0v) is 9.57. The smallest absolute Gasteiger partial charge is 0.110 e. The van der Waals surface area contributed by atoms with Crippen LogP contribution in [0.5, 0.6) is 0 Å². The average molecular weight is 210 g/mol. The number of nitrogens with zero attached hydrogens (tertiary/aromatic N) is 1. The van der Waals surface area contributed by atoms with Crippen LogP contribution in [-0.4, -0.2) is 4.98 Å². The molecule has 0 saturated carbocycles. The molecular formula is C11H18N2S. The Kier molecular flexibility index (Phi) is 3.19. The summed E-state index contributed by atoms with van der Waals surface area (Å²) in [7, 11) is 0. The third-order valence-electron chi connectivity index (χ3n) is 2.87. The van der Waals surface area contributed by atoms with E-state index in [-0.39, 0.29) is 6.04 Å². The van der Waals surface area contributed by atoms with Gasteiger partial charge in [0.1, 0.15) is 5.01 Å². The maximum atomic E-state index is 5.99. The number of thiazole rings is 1. The maximum Gasteiger partial charge on any atom is 0.110 e. The Morgan fingerprint density at radius 2 is 2.14 bits per heavy atom. The molecule has 1 aliphatic rings. The minimum Gasteiger partial charge on any atom is -0.322 e. The third kappa shape index (κ3) is 1.98. The first-order valence-corrected chi connectivity index (χ1v) is 6.37. The molecule has 0 fully saturated rings. The Balaban J connectivity index is 2.22. The molecule has 14 heavy (non-hydrogen) atoms. The van der Waals surface area contributed by atoms with E-state index in [1.54, 1.807) is 0 Å². The summed E-state index contributed by atoms with van der Waals surface area (Å²) in [6, 6.07) is 0.159. The minimum absolute atomic E-state index is 0.159. The Morgan fingerprint density at radius 1 is 1.36 bits per heavy atom. The van der Waals surface area contributed by atoms with Crippen LogP contribution in [0.2, 0.25) is 0 Å². The molecular weight excluding hydrogens is 192 g/mol. The minimum atomic E-state index is 0.159. The van der Waals surface area contributed by atoms with Crippen LogP contribution < -0.4 is 5.73 Å². The Hall–Kier alpha value is -0.410. The van der Waals surface area contributed by atoms with Crippen molar-refractivity contribution in [2.45, 2.75) is 51.5 Å². The normalized spacial score (nSPS) is 18.7. The summed E-state index contributed by atoms with van der Waals surface area (Å²) in [5, 5.41) is 1.15. The first-order chi connectivity index (χ1) is 6.81. The highest BCUT2D eigenvalue weighted by Gasteiger charge is 2.16. The fourth-order valence-corrected chi connectivity index (χ4v) is 3.12. The highest BCUT2D eigenvalue weighted by atomic mass is 32.1. The lowest BCUT2D eigenvalue weighted by Crippen LogP contribution is -2.08. The average Bonchev–Trinajstić information content (AvgIpc) is 2.49. The van der Waals surface area contributed by atoms with Crippen LogP contribution in [0, 0.1) is 0 Å². The summed E-state index contributed by atoms with van der Waals surface area (Å²) >= 11 is 1.85. The van der Waals surface area contributed by atoms with Crippen molar-refractivity contribution in [3.8, 4) is 0 Å². The van der Waals surface area contributed by atoms with Crippen molar-refractivity contribution in [3.63, 3.8) is 0 Å². The molecule has 3 heteroatoms. The number of aromatic nitrogens is 1. The van der Waals surface area contributed by atoms with Gasteiger partial charge in [0.15, 0.2) is 0 Å². The lowest BCUT2D eigenvalue weighted by molar-refractivity contribution is 0.680. The predicted octanol–water partition coefficient (Wildman–Crippen LogP) is 2.82. The van der Waals surface area contributed by atoms with E-state index in [0.29, 0.717) is 0 Å². The van der Waals surface area contributed by atoms with Gasteiger partial charge in [0.05, 0.1) is 11.7 Å². The van der Waals surface area contributed by atoms with Gasteiger partial charge in [0, 0.05) is 4.88 Å². The van der Waals surface area contributed by atoms with Gasteiger partial charge in [-0.25, -0.2) is 4.98 Å². The molecule has 1 unspecified atom stereocenters. The van der Waals surface area contributed by atoms with Gasteiger partial charge >= 0.3 is 0 Å². The van der Waals surface area contributed by atoms with E-state index in [9.17, 15) is 0 Å². The molecule has 0 spiro atoms. The largest absolute Gasteiger partial charge is 0.322 e. The molecule has 0 radical (unpaired) electrons. The summed E-state index contributed by atoms with van der Waals surface area (Å²) in [6.45, 7) is 2.12. The molecule has 2 N–H and O–H groups in total. The van der Waals surface area contributed by atoms with Crippen molar-refractivity contribution in [1.29, 1.82) is 0 Å². The molecule has 0 aromatic carbocycles. The van der Waals surface area contributed by atoms with Crippen LogP contribution in [0.1, 0.15) is 54.2 Å². The summed E-state index contributed by atoms with van der Waals surface area (Å²) in [5.41, 5.74) is 7.33. The van der Waals surface area contributed by atoms with Gasteiger partial charge in [-0.15, -0.1) is 11.3 Å². The molecule has 0 aliphatic heterocycles. The monoisotopic (exact) mass is 210 g/mol. The van der Waals surface area contributed by atoms with E-state index in [1.807, 2.05) is 11.3 Å². The summed E-state index contributed by atoms with van der Waals surface area (Å²) in [5.74, 6) is 0. The second kappa shape index (κ2) is 4.41. The molecule has 0 bridgehead atoms. The van der Waals surface area contributed by atoms with Crippen molar-refractivity contribution in [3.05, 3.63) is 15.6 Å². The zero-order chi connectivity index (χ0) is 9.97. The first kappa shape index (κ1) is 10.1. The maximum absolute atomic E-state index is 5.99. The van der Waals surface area contributed by atoms with E-state index in [1.165, 1.54) is 42.7 Å². The first-order valence-electron chi connectivity index (χ1n) is 5.55. The van der Waals surface area contributed by atoms with Crippen LogP contribution in [0.15, 0.2) is 0 Å². The molecule has 1 aromatic rings. The van der Waals surface area contributed by atoms with Gasteiger partial charge in [-0.05, 0) is 32.1 Å². The number of aryl methyl sites for hydroxylation is 2. The van der Waals surface area contributed by atoms with E-state index in [2.05, 4.69) is 11.9 Å². The molecule has 1 aromatic heterocycles. The quantitative estimate of drug-likeness (QED) is 0.762. The predicted molar refractivity (Wildman–Crippen MR) is 60.6 cm³/mol. The topological polar surface area (TPSA) is 38.9 Å². The number of nitrogens with two attached hydrogens (primary N) is 1. The molecule has 1 aliphatic carbocycles. The second-order valence-electron chi connectivity index (χ2n) is 4.00. The van der Waals surface area contributed by atoms with Crippen LogP contribution in [0.3, 0.4) is 0 Å². The Bertz CT molecular complexity index is 283. The molecule has 2 nitrogen and oxygen atoms in total. The molecule has 2 rings (SSSR count). The van der Waals surface area contributed by atoms with Crippen molar-refractivity contribution in [1.82, 2.24) is 4.98 Å². The Morgan fingerprint density at radius 3 is 2.93 bits per heavy atom. The summed E-state index contributed by atoms with van der Waals surface area (Å²) < 4.78 is 0. The third-order valence-corrected chi connectivity index (χ3v) is 4.16. The number of rotatable bonds is 2. The highest BCUT2D eigenvalue weighted by molar-refractivity contribution is 7.11. The van der Waals surface area contributed by atoms with Gasteiger partial charge in [0.25, 0.3) is 0 Å². The van der Waals surface area contributed by atoms with Gasteiger partial charge < -0.3 is 5.73 Å². The van der Waals surface area contributed by atoms with Crippen molar-refractivity contribution in [2.24, 2.45) is 5.73 Å². The van der Waals surface area contributed by atoms with Crippen LogP contribution in [-0.2, 0) is 12.8 Å². The van der Waals surface area contributed by atoms with Crippen LogP contribution in [0.4, 0.5) is 0 Å². The highest BCUT2D eigenvalue weighted by Crippen LogP contribution is 2.29. The number of hydrogen-bond acceptors (Lipinski definition) is 3. The lowest BCUT2D eigenvalue weighted by atomic mass is 10.2. The summed E-state index contributed by atoms with van der Waals surface area (Å²) in [4.78, 5) is 6.18. The zero-order valence-electron chi connectivity index (χ0n) is 8.75. The molecule has 0 amide bonds. The van der Waals surface area contributed by atoms with Gasteiger partial charge in [-0.2, -0.15) is 0 Å². The molecule has 1 atom stereocenters. The van der Waals surface area contributed by atoms with E-state index in [4.69, 9.17) is 5.73 Å². The van der Waals surface area contributed by atoms with Crippen molar-refractivity contribution >= 4 is 11.3 Å². The lowest BCUT2D eigenvalue weighted by Gasteiger charge is -2.02. The fourth-order valence-electron chi connectivity index (χ4n) is 1.88. The van der Waals surface area contributed by atoms with E-state index < -0.39 is 0 Å². The van der Waals surface area contributed by atoms with Crippen LogP contribution >= 0.6 is 11.3 Å². The fraction of sp³-hybridized carbons (Fsp3) is 0.727. The van der Waals surface area contributed by atoms with E-state index in [0.717, 1.165) is 11.4 Å². The summed E-state index contributed by atoms with van der Waals surface area (Å²) in [6.07, 6.45) is 7.38. The second-order valence-corrected chi connectivity index (χ2v) is 5.11.